The summed E-state index contributed by atoms with van der Waals surface area (Å²) in [4.78, 5) is 0. The first kappa shape index (κ1) is 24.4. The second kappa shape index (κ2) is 13.4. The van der Waals surface area contributed by atoms with Crippen LogP contribution >= 0.6 is 0 Å². The first-order valence-electron chi connectivity index (χ1n) is 12.4. The topological polar surface area (TPSA) is 27.7 Å². The molecule has 2 fully saturated rings. The number of ether oxygens (including phenoxy) is 3. The highest BCUT2D eigenvalue weighted by atomic mass is 19.3. The van der Waals surface area contributed by atoms with Gasteiger partial charge in [0, 0.05) is 11.5 Å². The number of alkyl halides is 2. The van der Waals surface area contributed by atoms with Gasteiger partial charge in [-0.3, -0.25) is 0 Å². The average Bonchev–Trinajstić information content (AvgIpc) is 2.79. The molecule has 0 atom stereocenters. The molecule has 1 heterocycles. The van der Waals surface area contributed by atoms with E-state index in [-0.39, 0.29) is 5.75 Å². The molecule has 1 aliphatic heterocycles. The molecule has 0 N–H and O–H groups in total. The van der Waals surface area contributed by atoms with E-state index in [9.17, 15) is 8.78 Å². The summed E-state index contributed by atoms with van der Waals surface area (Å²) in [6, 6.07) is 6.54. The molecule has 0 radical (unpaired) electrons. The second-order valence-corrected chi connectivity index (χ2v) is 9.40. The van der Waals surface area contributed by atoms with Gasteiger partial charge in [-0.1, -0.05) is 83.3 Å². The molecule has 0 amide bonds. The van der Waals surface area contributed by atoms with Crippen molar-refractivity contribution in [2.45, 2.75) is 96.9 Å². The van der Waals surface area contributed by atoms with Crippen molar-refractivity contribution < 1.29 is 23.0 Å². The van der Waals surface area contributed by atoms with Crippen LogP contribution in [0.1, 0.15) is 95.8 Å². The molecule has 5 heteroatoms. The van der Waals surface area contributed by atoms with Crippen LogP contribution in [0.25, 0.3) is 0 Å². The van der Waals surface area contributed by atoms with Crippen LogP contribution in [-0.4, -0.2) is 19.8 Å². The Hall–Kier alpha value is -1.20. The van der Waals surface area contributed by atoms with E-state index in [1.54, 1.807) is 12.1 Å². The fourth-order valence-corrected chi connectivity index (χ4v) is 5.13. The maximum atomic E-state index is 12.3. The van der Waals surface area contributed by atoms with E-state index in [1.165, 1.54) is 89.2 Å². The van der Waals surface area contributed by atoms with E-state index in [2.05, 4.69) is 11.7 Å². The summed E-state index contributed by atoms with van der Waals surface area (Å²) in [7, 11) is 0. The Bertz CT molecular complexity index is 591. The van der Waals surface area contributed by atoms with Gasteiger partial charge < -0.3 is 14.2 Å². The van der Waals surface area contributed by atoms with Crippen molar-refractivity contribution >= 4 is 0 Å². The summed E-state index contributed by atoms with van der Waals surface area (Å²) in [6.45, 7) is 0.898. The third kappa shape index (κ3) is 8.34. The molecule has 0 spiro atoms. The lowest BCUT2D eigenvalue weighted by atomic mass is 9.74. The smallest absolute Gasteiger partial charge is 0.387 e. The van der Waals surface area contributed by atoms with Crippen LogP contribution in [0, 0.1) is 17.8 Å². The lowest BCUT2D eigenvalue weighted by molar-refractivity contribution is -0.214. The van der Waals surface area contributed by atoms with Gasteiger partial charge in [0.25, 0.3) is 0 Å². The minimum Gasteiger partial charge on any atom is -0.435 e. The molecule has 1 aromatic carbocycles. The van der Waals surface area contributed by atoms with Crippen molar-refractivity contribution in [3.05, 3.63) is 29.8 Å². The number of halogens is 2. The molecule has 1 aromatic rings. The Morgan fingerprint density at radius 3 is 2.06 bits per heavy atom. The highest BCUT2D eigenvalue weighted by molar-refractivity contribution is 5.28. The molecule has 0 unspecified atom stereocenters. The Morgan fingerprint density at radius 1 is 0.839 bits per heavy atom. The van der Waals surface area contributed by atoms with E-state index < -0.39 is 12.9 Å². The molecule has 1 saturated carbocycles. The van der Waals surface area contributed by atoms with Gasteiger partial charge in [-0.25, -0.2) is 0 Å². The van der Waals surface area contributed by atoms with Crippen molar-refractivity contribution in [3.8, 4) is 5.75 Å². The van der Waals surface area contributed by atoms with E-state index in [1.807, 2.05) is 0 Å². The number of benzene rings is 1. The molecular formula is C26H40F2O3. The van der Waals surface area contributed by atoms with Crippen LogP contribution in [0.3, 0.4) is 0 Å². The van der Waals surface area contributed by atoms with Crippen molar-refractivity contribution in [3.63, 3.8) is 0 Å². The maximum absolute atomic E-state index is 12.3. The monoisotopic (exact) mass is 438 g/mol. The summed E-state index contributed by atoms with van der Waals surface area (Å²) < 4.78 is 40.9. The van der Waals surface area contributed by atoms with Gasteiger partial charge in [0.05, 0.1) is 13.2 Å². The third-order valence-electron chi connectivity index (χ3n) is 7.07. The Balaban J connectivity index is 1.29. The van der Waals surface area contributed by atoms with Crippen LogP contribution in [0.15, 0.2) is 24.3 Å². The lowest BCUT2D eigenvalue weighted by Gasteiger charge is -2.38. The van der Waals surface area contributed by atoms with Crippen molar-refractivity contribution in [2.75, 3.05) is 13.2 Å². The number of unbranched alkanes of at least 4 members (excludes halogenated alkanes) is 6. The first-order valence-corrected chi connectivity index (χ1v) is 12.4. The van der Waals surface area contributed by atoms with Gasteiger partial charge >= 0.3 is 6.61 Å². The van der Waals surface area contributed by atoms with Gasteiger partial charge in [0.15, 0.2) is 6.29 Å². The molecular weight excluding hydrogens is 398 g/mol. The largest absolute Gasteiger partial charge is 0.435 e. The summed E-state index contributed by atoms with van der Waals surface area (Å²) in [6.07, 6.45) is 16.1. The zero-order valence-electron chi connectivity index (χ0n) is 19.1. The minimum absolute atomic E-state index is 0.153. The van der Waals surface area contributed by atoms with E-state index in [4.69, 9.17) is 9.47 Å². The molecule has 31 heavy (non-hydrogen) atoms. The minimum atomic E-state index is -2.81. The van der Waals surface area contributed by atoms with Crippen molar-refractivity contribution in [1.82, 2.24) is 0 Å². The second-order valence-electron chi connectivity index (χ2n) is 9.40. The SMILES string of the molecule is CCCCCCCCC[C@H]1CC[C@H](C2COC(c3ccc(OC(F)F)cc3)OC2)CC1. The summed E-state index contributed by atoms with van der Waals surface area (Å²) in [5, 5.41) is 0. The zero-order chi connectivity index (χ0) is 21.9. The first-order chi connectivity index (χ1) is 15.2. The van der Waals surface area contributed by atoms with Crippen LogP contribution in [0.5, 0.6) is 5.75 Å². The number of rotatable bonds is 12. The summed E-state index contributed by atoms with van der Waals surface area (Å²) in [5.74, 6) is 2.24. The zero-order valence-corrected chi connectivity index (χ0v) is 19.1. The normalized spacial score (nSPS) is 26.8. The Kier molecular flexibility index (Phi) is 10.5. The van der Waals surface area contributed by atoms with E-state index in [0.717, 1.165) is 11.5 Å². The van der Waals surface area contributed by atoms with Gasteiger partial charge in [-0.15, -0.1) is 0 Å². The van der Waals surface area contributed by atoms with E-state index in [0.29, 0.717) is 25.0 Å². The third-order valence-corrected chi connectivity index (χ3v) is 7.07. The van der Waals surface area contributed by atoms with Crippen molar-refractivity contribution in [2.24, 2.45) is 17.8 Å². The molecule has 176 valence electrons. The predicted molar refractivity (Wildman–Crippen MR) is 119 cm³/mol. The molecule has 1 saturated heterocycles. The quantitative estimate of drug-likeness (QED) is 0.310. The Morgan fingerprint density at radius 2 is 1.45 bits per heavy atom. The molecule has 0 aromatic heterocycles. The van der Waals surface area contributed by atoms with Gasteiger partial charge in [-0.2, -0.15) is 8.78 Å². The fourth-order valence-electron chi connectivity index (χ4n) is 5.13. The highest BCUT2D eigenvalue weighted by Crippen LogP contribution is 2.39. The van der Waals surface area contributed by atoms with Crippen LogP contribution < -0.4 is 4.74 Å². The van der Waals surface area contributed by atoms with Gasteiger partial charge in [0.1, 0.15) is 5.75 Å². The maximum Gasteiger partial charge on any atom is 0.387 e. The summed E-state index contributed by atoms with van der Waals surface area (Å²) in [5.41, 5.74) is 0.846. The molecule has 0 bridgehead atoms. The van der Waals surface area contributed by atoms with Crippen LogP contribution in [-0.2, 0) is 9.47 Å². The fraction of sp³-hybridized carbons (Fsp3) is 0.769. The molecule has 1 aliphatic carbocycles. The number of hydrogen-bond donors (Lipinski definition) is 0. The molecule has 2 aliphatic rings. The van der Waals surface area contributed by atoms with E-state index >= 15 is 0 Å². The highest BCUT2D eigenvalue weighted by Gasteiger charge is 2.32. The van der Waals surface area contributed by atoms with Crippen LogP contribution in [0.2, 0.25) is 0 Å². The summed E-state index contributed by atoms with van der Waals surface area (Å²) >= 11 is 0. The average molecular weight is 439 g/mol. The standard InChI is InChI=1S/C26H40F2O3/c1-2-3-4-5-6-7-8-9-20-10-12-21(13-11-20)23-18-29-25(30-19-23)22-14-16-24(17-15-22)31-26(27)28/h14-17,20-21,23,25-26H,2-13,18-19H2,1H3/t20-,21-,23?,25?. The van der Waals surface area contributed by atoms with Gasteiger partial charge in [0.2, 0.25) is 0 Å². The predicted octanol–water partition coefficient (Wildman–Crippen LogP) is 7.90. The van der Waals surface area contributed by atoms with Crippen molar-refractivity contribution in [1.29, 1.82) is 0 Å². The van der Waals surface area contributed by atoms with Crippen LogP contribution in [0.4, 0.5) is 8.78 Å². The van der Waals surface area contributed by atoms with Gasteiger partial charge in [-0.05, 0) is 36.8 Å². The number of hydrogen-bond acceptors (Lipinski definition) is 3. The molecule has 3 rings (SSSR count). The molecule has 3 nitrogen and oxygen atoms in total. The lowest BCUT2D eigenvalue weighted by Crippen LogP contribution is -2.34. The Labute approximate surface area is 186 Å².